The number of rotatable bonds is 7. The number of carbonyl (C=O) groups is 1. The lowest BCUT2D eigenvalue weighted by atomic mass is 10.1. The zero-order valence-corrected chi connectivity index (χ0v) is 19.3. The number of hydrogen-bond acceptors (Lipinski definition) is 6. The molecular formula is C24H31N5OS. The van der Waals surface area contributed by atoms with E-state index in [1.165, 1.54) is 29.0 Å². The molecule has 3 heterocycles. The molecule has 4 rings (SSSR count). The standard InChI is InChI=1S/C24H31N5OS/c1-15(2)27-18-11-13-29(14-18)19-7-5-17(6-8-19)10-12-26-23(30)22-21(25)20-9-4-16(3)28-24(20)31-22/h4-9,15,18,27H,10-14,25H2,1-3H3,(H,26,30). The van der Waals surface area contributed by atoms with Crippen LogP contribution in [0.25, 0.3) is 10.2 Å². The Bertz CT molecular complexity index is 1060. The van der Waals surface area contributed by atoms with Gasteiger partial charge in [0.15, 0.2) is 0 Å². The number of nitrogens with two attached hydrogens (primary N) is 1. The van der Waals surface area contributed by atoms with Crippen LogP contribution in [0.1, 0.15) is 41.2 Å². The second kappa shape index (κ2) is 9.24. The van der Waals surface area contributed by atoms with Gasteiger partial charge < -0.3 is 21.3 Å². The van der Waals surface area contributed by atoms with Gasteiger partial charge >= 0.3 is 0 Å². The van der Waals surface area contributed by atoms with Gasteiger partial charge in [0, 0.05) is 48.5 Å². The van der Waals surface area contributed by atoms with Crippen LogP contribution in [0.5, 0.6) is 0 Å². The van der Waals surface area contributed by atoms with Crippen molar-refractivity contribution in [2.45, 2.75) is 45.7 Å². The second-order valence-corrected chi connectivity index (χ2v) is 9.57. The van der Waals surface area contributed by atoms with Gasteiger partial charge in [0.2, 0.25) is 0 Å². The molecule has 1 unspecified atom stereocenters. The van der Waals surface area contributed by atoms with Crippen LogP contribution in [-0.2, 0) is 6.42 Å². The molecule has 0 radical (unpaired) electrons. The number of benzene rings is 1. The summed E-state index contributed by atoms with van der Waals surface area (Å²) in [5.41, 5.74) is 10.1. The first-order valence-electron chi connectivity index (χ1n) is 10.9. The molecule has 1 atom stereocenters. The number of nitrogens with one attached hydrogen (secondary N) is 2. The van der Waals surface area contributed by atoms with E-state index < -0.39 is 0 Å². The van der Waals surface area contributed by atoms with E-state index in [4.69, 9.17) is 5.73 Å². The Labute approximate surface area is 187 Å². The quantitative estimate of drug-likeness (QED) is 0.525. The highest BCUT2D eigenvalue weighted by molar-refractivity contribution is 7.21. The van der Waals surface area contributed by atoms with Crippen molar-refractivity contribution in [3.63, 3.8) is 0 Å². The molecule has 1 aliphatic rings. The number of aryl methyl sites for hydroxylation is 1. The van der Waals surface area contributed by atoms with Gasteiger partial charge in [0.05, 0.1) is 5.69 Å². The molecule has 7 heteroatoms. The summed E-state index contributed by atoms with van der Waals surface area (Å²) in [4.78, 5) is 20.9. The Morgan fingerprint density at radius 2 is 2.03 bits per heavy atom. The number of fused-ring (bicyclic) bond motifs is 1. The molecule has 1 fully saturated rings. The molecule has 2 aromatic heterocycles. The van der Waals surface area contributed by atoms with Crippen molar-refractivity contribution in [3.05, 3.63) is 52.5 Å². The average molecular weight is 438 g/mol. The fraction of sp³-hybridized carbons (Fsp3) is 0.417. The number of hydrogen-bond donors (Lipinski definition) is 3. The van der Waals surface area contributed by atoms with E-state index in [1.54, 1.807) is 0 Å². The van der Waals surface area contributed by atoms with Crippen molar-refractivity contribution in [1.82, 2.24) is 15.6 Å². The van der Waals surface area contributed by atoms with Crippen LogP contribution in [0.15, 0.2) is 36.4 Å². The van der Waals surface area contributed by atoms with Gasteiger partial charge in [-0.25, -0.2) is 4.98 Å². The summed E-state index contributed by atoms with van der Waals surface area (Å²) >= 11 is 1.35. The van der Waals surface area contributed by atoms with Crippen LogP contribution >= 0.6 is 11.3 Å². The summed E-state index contributed by atoms with van der Waals surface area (Å²) < 4.78 is 0. The van der Waals surface area contributed by atoms with E-state index in [-0.39, 0.29) is 5.91 Å². The Morgan fingerprint density at radius 1 is 1.26 bits per heavy atom. The molecule has 6 nitrogen and oxygen atoms in total. The Balaban J connectivity index is 1.30. The number of pyridine rings is 1. The maximum Gasteiger partial charge on any atom is 0.263 e. The number of nitrogen functional groups attached to an aromatic ring is 1. The van der Waals surface area contributed by atoms with E-state index in [2.05, 4.69) is 58.6 Å². The molecular weight excluding hydrogens is 406 g/mol. The number of thiophene rings is 1. The highest BCUT2D eigenvalue weighted by Gasteiger charge is 2.22. The van der Waals surface area contributed by atoms with Gasteiger partial charge in [-0.1, -0.05) is 26.0 Å². The van der Waals surface area contributed by atoms with Crippen molar-refractivity contribution in [3.8, 4) is 0 Å². The third-order valence-corrected chi connectivity index (χ3v) is 6.81. The van der Waals surface area contributed by atoms with Gasteiger partial charge in [0.1, 0.15) is 9.71 Å². The van der Waals surface area contributed by atoms with E-state index in [9.17, 15) is 4.79 Å². The first-order valence-corrected chi connectivity index (χ1v) is 11.8. The van der Waals surface area contributed by atoms with Gasteiger partial charge in [0.25, 0.3) is 5.91 Å². The molecule has 1 saturated heterocycles. The second-order valence-electron chi connectivity index (χ2n) is 8.58. The molecule has 4 N–H and O–H groups in total. The van der Waals surface area contributed by atoms with Crippen molar-refractivity contribution in [2.24, 2.45) is 0 Å². The third kappa shape index (κ3) is 4.99. The molecule has 0 aliphatic carbocycles. The molecule has 1 aromatic carbocycles. The molecule has 0 bridgehead atoms. The Kier molecular flexibility index (Phi) is 6.43. The number of aromatic nitrogens is 1. The molecule has 1 amide bonds. The van der Waals surface area contributed by atoms with Crippen molar-refractivity contribution >= 4 is 38.8 Å². The van der Waals surface area contributed by atoms with E-state index >= 15 is 0 Å². The SMILES string of the molecule is Cc1ccc2c(N)c(C(=O)NCCc3ccc(N4CCC(NC(C)C)C4)cc3)sc2n1. The summed E-state index contributed by atoms with van der Waals surface area (Å²) in [5, 5.41) is 7.48. The number of anilines is 2. The van der Waals surface area contributed by atoms with E-state index in [1.807, 2.05) is 19.1 Å². The first-order chi connectivity index (χ1) is 14.9. The zero-order chi connectivity index (χ0) is 22.0. The molecule has 0 saturated carbocycles. The first kappa shape index (κ1) is 21.6. The van der Waals surface area contributed by atoms with Crippen molar-refractivity contribution < 1.29 is 4.79 Å². The summed E-state index contributed by atoms with van der Waals surface area (Å²) in [7, 11) is 0. The van der Waals surface area contributed by atoms with Crippen LogP contribution in [0.2, 0.25) is 0 Å². The lowest BCUT2D eigenvalue weighted by Gasteiger charge is -2.20. The lowest BCUT2D eigenvalue weighted by molar-refractivity contribution is 0.0959. The minimum Gasteiger partial charge on any atom is -0.397 e. The number of nitrogens with zero attached hydrogens (tertiary/aromatic N) is 2. The summed E-state index contributed by atoms with van der Waals surface area (Å²) in [6, 6.07) is 13.6. The average Bonchev–Trinajstić information content (AvgIpc) is 3.32. The van der Waals surface area contributed by atoms with E-state index in [0.717, 1.165) is 35.4 Å². The van der Waals surface area contributed by atoms with Crippen LogP contribution in [0, 0.1) is 6.92 Å². The topological polar surface area (TPSA) is 83.3 Å². The Morgan fingerprint density at radius 3 is 2.77 bits per heavy atom. The van der Waals surface area contributed by atoms with Gasteiger partial charge in [-0.2, -0.15) is 0 Å². The summed E-state index contributed by atoms with van der Waals surface area (Å²) in [5.74, 6) is -0.129. The fourth-order valence-electron chi connectivity index (χ4n) is 4.13. The van der Waals surface area contributed by atoms with Gasteiger partial charge in [-0.05, 0) is 49.6 Å². The molecule has 164 valence electrons. The van der Waals surface area contributed by atoms with Gasteiger partial charge in [-0.15, -0.1) is 11.3 Å². The number of amides is 1. The molecule has 3 aromatic rings. The van der Waals surface area contributed by atoms with E-state index in [0.29, 0.717) is 29.2 Å². The summed E-state index contributed by atoms with van der Waals surface area (Å²) in [6.45, 7) is 9.04. The smallest absolute Gasteiger partial charge is 0.263 e. The maximum atomic E-state index is 12.6. The molecule has 1 aliphatic heterocycles. The van der Waals surface area contributed by atoms with Crippen molar-refractivity contribution in [2.75, 3.05) is 30.3 Å². The maximum absolute atomic E-state index is 12.6. The largest absolute Gasteiger partial charge is 0.397 e. The Hall–Kier alpha value is -2.64. The predicted octanol–water partition coefficient (Wildman–Crippen LogP) is 3.74. The highest BCUT2D eigenvalue weighted by atomic mass is 32.1. The molecule has 0 spiro atoms. The minimum absolute atomic E-state index is 0.129. The third-order valence-electron chi connectivity index (χ3n) is 5.70. The zero-order valence-electron chi connectivity index (χ0n) is 18.4. The molecule has 31 heavy (non-hydrogen) atoms. The van der Waals surface area contributed by atoms with Crippen LogP contribution < -0.4 is 21.3 Å². The normalized spacial score (nSPS) is 16.4. The monoisotopic (exact) mass is 437 g/mol. The predicted molar refractivity (Wildman–Crippen MR) is 130 cm³/mol. The minimum atomic E-state index is -0.129. The fourth-order valence-corrected chi connectivity index (χ4v) is 5.19. The highest BCUT2D eigenvalue weighted by Crippen LogP contribution is 2.32. The van der Waals surface area contributed by atoms with Crippen LogP contribution in [0.3, 0.4) is 0 Å². The van der Waals surface area contributed by atoms with Crippen molar-refractivity contribution in [1.29, 1.82) is 0 Å². The van der Waals surface area contributed by atoms with Crippen LogP contribution in [0.4, 0.5) is 11.4 Å². The number of carbonyl (C=O) groups excluding carboxylic acids is 1. The van der Waals surface area contributed by atoms with Gasteiger partial charge in [-0.3, -0.25) is 4.79 Å². The summed E-state index contributed by atoms with van der Waals surface area (Å²) in [6.07, 6.45) is 1.97. The van der Waals surface area contributed by atoms with Crippen LogP contribution in [-0.4, -0.2) is 42.6 Å². The lowest BCUT2D eigenvalue weighted by Crippen LogP contribution is -2.37.